The van der Waals surface area contributed by atoms with Crippen LogP contribution in [0.2, 0.25) is 0 Å². The van der Waals surface area contributed by atoms with E-state index in [0.29, 0.717) is 0 Å². The Hall–Kier alpha value is -12.8. The summed E-state index contributed by atoms with van der Waals surface area (Å²) in [4.78, 5) is 7.07. The number of nitrogens with zero attached hydrogens (tertiary/aromatic N) is 3. The molecule has 5 nitrogen and oxygen atoms in total. The van der Waals surface area contributed by atoms with E-state index in [1.165, 1.54) is 98.7 Å². The predicted octanol–water partition coefficient (Wildman–Crippen LogP) is 27.0. The average Bonchev–Trinajstić information content (AvgIpc) is 0.806. The first-order chi connectivity index (χ1) is 52.1. The Morgan fingerprint density at radius 1 is 0.208 bits per heavy atom. The Labute approximate surface area is 621 Å². The molecule has 1 aliphatic rings. The molecule has 0 saturated carbocycles. The third-order valence-corrected chi connectivity index (χ3v) is 21.1. The monoisotopic (exact) mass is 1360 g/mol. The zero-order chi connectivity index (χ0) is 71.6. The summed E-state index contributed by atoms with van der Waals surface area (Å²) in [7, 11) is -0.374. The van der Waals surface area contributed by atoms with Gasteiger partial charge in [0, 0.05) is 50.8 Å². The van der Waals surface area contributed by atoms with Gasteiger partial charge in [-0.15, -0.1) is 0 Å². The number of anilines is 9. The Balaban J connectivity index is 0.000000203. The predicted molar refractivity (Wildman–Crippen MR) is 450 cm³/mol. The second-order valence-corrected chi connectivity index (χ2v) is 28.1. The van der Waals surface area contributed by atoms with E-state index in [4.69, 9.17) is 9.31 Å². The summed E-state index contributed by atoms with van der Waals surface area (Å²) in [5.74, 6) is 0. The fourth-order valence-corrected chi connectivity index (χ4v) is 15.4. The van der Waals surface area contributed by atoms with Crippen molar-refractivity contribution in [3.8, 4) is 55.6 Å². The van der Waals surface area contributed by atoms with Crippen LogP contribution in [0, 0.1) is 0 Å². The molecule has 1 aliphatic heterocycles. The van der Waals surface area contributed by atoms with E-state index < -0.39 is 0 Å². The lowest BCUT2D eigenvalue weighted by Crippen LogP contribution is -2.41. The summed E-state index contributed by atoms with van der Waals surface area (Å²) in [6.07, 6.45) is 0. The van der Waals surface area contributed by atoms with Gasteiger partial charge in [-0.3, -0.25) is 0 Å². The van der Waals surface area contributed by atoms with E-state index in [2.05, 4.69) is 437 Å². The number of hydrogen-bond acceptors (Lipinski definition) is 5. The molecule has 0 amide bonds. The molecule has 1 saturated heterocycles. The van der Waals surface area contributed by atoms with Gasteiger partial charge in [-0.25, -0.2) is 0 Å². The summed E-state index contributed by atoms with van der Waals surface area (Å²) >= 11 is 0. The Bertz CT molecular complexity index is 5660. The van der Waals surface area contributed by atoms with Crippen LogP contribution in [0.5, 0.6) is 0 Å². The molecule has 17 aromatic rings. The van der Waals surface area contributed by atoms with E-state index in [1.54, 1.807) is 0 Å². The van der Waals surface area contributed by atoms with Crippen LogP contribution in [0.25, 0.3) is 98.7 Å². The molecule has 0 radical (unpaired) electrons. The molecule has 0 unspecified atom stereocenters. The van der Waals surface area contributed by atoms with Gasteiger partial charge < -0.3 is 24.0 Å². The minimum atomic E-state index is -0.374. The van der Waals surface area contributed by atoms with Gasteiger partial charge in [0.1, 0.15) is 0 Å². The van der Waals surface area contributed by atoms with Gasteiger partial charge in [-0.2, -0.15) is 0 Å². The summed E-state index contributed by atoms with van der Waals surface area (Å²) in [6.45, 7) is 8.33. The fourth-order valence-electron chi connectivity index (χ4n) is 15.4. The highest BCUT2D eigenvalue weighted by Crippen LogP contribution is 2.52. The van der Waals surface area contributed by atoms with Gasteiger partial charge in [0.05, 0.1) is 28.3 Å². The van der Waals surface area contributed by atoms with Crippen molar-refractivity contribution in [2.45, 2.75) is 38.9 Å². The summed E-state index contributed by atoms with van der Waals surface area (Å²) in [5, 5.41) is 9.92. The van der Waals surface area contributed by atoms with Crippen molar-refractivity contribution in [3.05, 3.63) is 400 Å². The quantitative estimate of drug-likeness (QED) is 0.0579. The highest BCUT2D eigenvalue weighted by atomic mass is 16.7. The molecule has 0 atom stereocenters. The maximum absolute atomic E-state index is 6.26. The molecule has 18 rings (SSSR count). The van der Waals surface area contributed by atoms with Gasteiger partial charge in [0.25, 0.3) is 0 Å². The lowest BCUT2D eigenvalue weighted by molar-refractivity contribution is 0.00578. The highest BCUT2D eigenvalue weighted by molar-refractivity contribution is 6.62. The zero-order valence-corrected chi connectivity index (χ0v) is 59.8. The smallest absolute Gasteiger partial charge is 0.399 e. The third-order valence-electron chi connectivity index (χ3n) is 21.1. The Morgan fingerprint density at radius 3 is 0.755 bits per heavy atom. The molecule has 17 aromatic carbocycles. The van der Waals surface area contributed by atoms with Crippen molar-refractivity contribution in [3.63, 3.8) is 0 Å². The Morgan fingerprint density at radius 2 is 0.443 bits per heavy atom. The molecule has 106 heavy (non-hydrogen) atoms. The number of para-hydroxylation sites is 6. The first kappa shape index (κ1) is 66.4. The maximum atomic E-state index is 6.26. The average molecular weight is 1360 g/mol. The van der Waals surface area contributed by atoms with Crippen molar-refractivity contribution >= 4 is 107 Å². The molecular formula is C100H78BN3O2. The van der Waals surface area contributed by atoms with Crippen LogP contribution in [0.3, 0.4) is 0 Å². The molecule has 0 bridgehead atoms. The lowest BCUT2D eigenvalue weighted by atomic mass is 9.79. The standard InChI is InChI=1S/C70H48N2.C30H30BNO2/c1-5-23-49(24-6-1)57-31-19-21-39-65(57)71(53-27-9-3-10-28-53)55-45-41-51(42-46-55)67-63-37-17-18-38-64(63)68(70-62-36-16-14-34-60(62)59-33-13-15-35-61(59)69(67)70)52-43-47-56(48-44-52)72(54-29-11-4-12-30-54)66-40-22-20-32-58(66)50-25-7-2-8-26-50;1-29(2)30(3,4)34-31(33-29)24-19-21-26(22-20-24)32(25-15-9-6-10-16-25)28-18-12-11-17-27(28)23-13-7-5-8-14-23/h1-48H;5-22H,1-4H3. The van der Waals surface area contributed by atoms with E-state index in [-0.39, 0.29) is 18.3 Å². The van der Waals surface area contributed by atoms with Gasteiger partial charge in [-0.05, 0) is 206 Å². The van der Waals surface area contributed by atoms with Crippen LogP contribution in [0.4, 0.5) is 51.2 Å². The minimum Gasteiger partial charge on any atom is -0.399 e. The van der Waals surface area contributed by atoms with Crippen LogP contribution in [0.1, 0.15) is 27.7 Å². The molecule has 0 aliphatic carbocycles. The van der Waals surface area contributed by atoms with Gasteiger partial charge in [0.2, 0.25) is 0 Å². The normalized spacial score (nSPS) is 13.0. The molecule has 508 valence electrons. The lowest BCUT2D eigenvalue weighted by Gasteiger charge is -2.32. The number of fused-ring (bicyclic) bond motifs is 7. The van der Waals surface area contributed by atoms with Gasteiger partial charge in [0.15, 0.2) is 0 Å². The van der Waals surface area contributed by atoms with Crippen LogP contribution in [-0.2, 0) is 9.31 Å². The van der Waals surface area contributed by atoms with Gasteiger partial charge >= 0.3 is 7.12 Å². The van der Waals surface area contributed by atoms with Gasteiger partial charge in [-0.1, -0.05) is 309 Å². The molecule has 0 N–H and O–H groups in total. The molecule has 6 heteroatoms. The zero-order valence-electron chi connectivity index (χ0n) is 59.8. The van der Waals surface area contributed by atoms with Crippen LogP contribution >= 0.6 is 0 Å². The molecule has 1 heterocycles. The number of rotatable bonds is 15. The molecule has 0 spiro atoms. The molecule has 1 fully saturated rings. The minimum absolute atomic E-state index is 0.360. The number of hydrogen-bond donors (Lipinski definition) is 0. The SMILES string of the molecule is CC1(C)OB(c2ccc(N(c3ccccc3)c3ccccc3-c3ccccc3)cc2)OC1(C)C.c1ccc(-c2ccccc2N(c2ccccc2)c2ccc(-c3c4ccccc4c(-c4ccc(N(c5ccccc5)c5ccccc5-c5ccccc5)cc4)c4c5ccccc5c5ccccc5c34)cc2)cc1. The van der Waals surface area contributed by atoms with E-state index >= 15 is 0 Å². The van der Waals surface area contributed by atoms with Crippen molar-refractivity contribution in [2.75, 3.05) is 14.7 Å². The van der Waals surface area contributed by atoms with E-state index in [1.807, 2.05) is 6.07 Å². The fraction of sp³-hybridized carbons (Fsp3) is 0.0600. The summed E-state index contributed by atoms with van der Waals surface area (Å²) in [6, 6.07) is 144. The van der Waals surface area contributed by atoms with Crippen molar-refractivity contribution < 1.29 is 9.31 Å². The van der Waals surface area contributed by atoms with Crippen LogP contribution in [-0.4, -0.2) is 18.3 Å². The summed E-state index contributed by atoms with van der Waals surface area (Å²) < 4.78 is 12.5. The summed E-state index contributed by atoms with van der Waals surface area (Å²) in [5.41, 5.74) is 22.1. The van der Waals surface area contributed by atoms with E-state index in [9.17, 15) is 0 Å². The Kier molecular flexibility index (Phi) is 18.0. The second kappa shape index (κ2) is 28.8. The largest absolute Gasteiger partial charge is 0.494 e. The number of benzene rings is 17. The van der Waals surface area contributed by atoms with Crippen molar-refractivity contribution in [2.24, 2.45) is 0 Å². The first-order valence-corrected chi connectivity index (χ1v) is 36.6. The second-order valence-electron chi connectivity index (χ2n) is 28.1. The van der Waals surface area contributed by atoms with Crippen LogP contribution < -0.4 is 20.2 Å². The molecular weight excluding hydrogens is 1290 g/mol. The topological polar surface area (TPSA) is 28.2 Å². The van der Waals surface area contributed by atoms with Crippen molar-refractivity contribution in [1.82, 2.24) is 0 Å². The van der Waals surface area contributed by atoms with E-state index in [0.717, 1.165) is 56.6 Å². The first-order valence-electron chi connectivity index (χ1n) is 36.6. The van der Waals surface area contributed by atoms with Crippen LogP contribution in [0.15, 0.2) is 400 Å². The van der Waals surface area contributed by atoms with Crippen molar-refractivity contribution in [1.29, 1.82) is 0 Å². The third kappa shape index (κ3) is 12.6. The molecule has 0 aromatic heterocycles. The maximum Gasteiger partial charge on any atom is 0.494 e. The highest BCUT2D eigenvalue weighted by Gasteiger charge is 2.51.